The molecule has 0 bridgehead atoms. The van der Waals surface area contributed by atoms with E-state index < -0.39 is 12.1 Å². The van der Waals surface area contributed by atoms with Crippen molar-refractivity contribution >= 4 is 11.6 Å². The van der Waals surface area contributed by atoms with Crippen LogP contribution in [-0.4, -0.2) is 37.2 Å². The van der Waals surface area contributed by atoms with E-state index >= 15 is 0 Å². The molecule has 2 aliphatic rings. The first-order chi connectivity index (χ1) is 10.5. The number of methoxy groups -OCH3 is 2. The van der Waals surface area contributed by atoms with Crippen LogP contribution in [0.3, 0.4) is 0 Å². The zero-order valence-electron chi connectivity index (χ0n) is 12.3. The standard InChI is InChI=1S/C16H14O6/c1-7-4-9-13(16(21-3)22-7)15(19)12-10(14(9)18)5-8(20-2)6-11(12)17/h4-6,16-17H,1-3H3/t16-/m1/s1. The van der Waals surface area contributed by atoms with Crippen LogP contribution in [0.15, 0.2) is 35.1 Å². The molecule has 3 rings (SSSR count). The summed E-state index contributed by atoms with van der Waals surface area (Å²) in [6, 6.07) is 2.74. The number of hydrogen-bond donors (Lipinski definition) is 1. The number of phenolic OH excluding ortho intramolecular Hbond substituents is 1. The Morgan fingerprint density at radius 2 is 1.91 bits per heavy atom. The van der Waals surface area contributed by atoms with Crippen molar-refractivity contribution < 1.29 is 28.9 Å². The number of allylic oxidation sites excluding steroid dienone is 3. The molecule has 0 spiro atoms. The second-order valence-electron chi connectivity index (χ2n) is 5.00. The van der Waals surface area contributed by atoms with Crippen molar-refractivity contribution in [3.63, 3.8) is 0 Å². The molecule has 1 N–H and O–H groups in total. The van der Waals surface area contributed by atoms with E-state index in [9.17, 15) is 14.7 Å². The molecule has 1 aromatic carbocycles. The fraction of sp³-hybridized carbons (Fsp3) is 0.250. The maximum Gasteiger partial charge on any atom is 0.230 e. The molecule has 0 fully saturated rings. The quantitative estimate of drug-likeness (QED) is 0.899. The van der Waals surface area contributed by atoms with Crippen molar-refractivity contribution in [2.45, 2.75) is 13.2 Å². The number of ketones is 2. The van der Waals surface area contributed by atoms with Gasteiger partial charge in [0.15, 0.2) is 5.78 Å². The molecule has 22 heavy (non-hydrogen) atoms. The number of Topliss-reactive ketones (excluding diaryl/α,β-unsaturated/α-hetero) is 2. The number of phenols is 1. The SMILES string of the molecule is COc1cc(O)c2c(c1)C(=O)C1=C(C2=O)[C@H](OC)OC(C)=C1. The molecule has 1 aromatic rings. The normalized spacial score (nSPS) is 20.1. The van der Waals surface area contributed by atoms with E-state index in [4.69, 9.17) is 14.2 Å². The number of carbonyl (C=O) groups excluding carboxylic acids is 2. The van der Waals surface area contributed by atoms with E-state index in [1.807, 2.05) is 0 Å². The number of ether oxygens (including phenoxy) is 3. The summed E-state index contributed by atoms with van der Waals surface area (Å²) in [4.78, 5) is 25.4. The van der Waals surface area contributed by atoms with Crippen molar-refractivity contribution in [2.75, 3.05) is 14.2 Å². The minimum atomic E-state index is -0.967. The Morgan fingerprint density at radius 3 is 2.55 bits per heavy atom. The predicted molar refractivity (Wildman–Crippen MR) is 76.0 cm³/mol. The zero-order valence-corrected chi connectivity index (χ0v) is 12.3. The highest BCUT2D eigenvalue weighted by molar-refractivity contribution is 6.29. The van der Waals surface area contributed by atoms with Crippen LogP contribution in [0.4, 0.5) is 0 Å². The zero-order chi connectivity index (χ0) is 16.0. The second kappa shape index (κ2) is 4.99. The summed E-state index contributed by atoms with van der Waals surface area (Å²) in [6.45, 7) is 1.67. The summed E-state index contributed by atoms with van der Waals surface area (Å²) in [7, 11) is 2.80. The predicted octanol–water partition coefficient (Wildman–Crippen LogP) is 1.98. The van der Waals surface area contributed by atoms with E-state index in [2.05, 4.69) is 0 Å². The summed E-state index contributed by atoms with van der Waals surface area (Å²) < 4.78 is 15.6. The minimum absolute atomic E-state index is 0.0526. The third-order valence-corrected chi connectivity index (χ3v) is 3.67. The molecule has 1 aliphatic heterocycles. The van der Waals surface area contributed by atoms with Gasteiger partial charge in [-0.1, -0.05) is 0 Å². The van der Waals surface area contributed by atoms with Gasteiger partial charge in [0.2, 0.25) is 12.1 Å². The molecule has 0 amide bonds. The number of hydrogen-bond acceptors (Lipinski definition) is 6. The first-order valence-electron chi connectivity index (χ1n) is 6.60. The van der Waals surface area contributed by atoms with Crippen molar-refractivity contribution in [3.05, 3.63) is 46.2 Å². The highest BCUT2D eigenvalue weighted by Gasteiger charge is 2.40. The first kappa shape index (κ1) is 14.3. The van der Waals surface area contributed by atoms with Crippen LogP contribution in [0.1, 0.15) is 27.6 Å². The first-order valence-corrected chi connectivity index (χ1v) is 6.60. The number of benzene rings is 1. The van der Waals surface area contributed by atoms with Crippen molar-refractivity contribution in [1.82, 2.24) is 0 Å². The molecule has 1 aliphatic carbocycles. The van der Waals surface area contributed by atoms with Crippen LogP contribution in [0.25, 0.3) is 0 Å². The van der Waals surface area contributed by atoms with Gasteiger partial charge >= 0.3 is 0 Å². The molecule has 0 saturated carbocycles. The molecular formula is C16H14O6. The Hall–Kier alpha value is -2.60. The van der Waals surface area contributed by atoms with Crippen LogP contribution in [0.5, 0.6) is 11.5 Å². The van der Waals surface area contributed by atoms with E-state index in [0.29, 0.717) is 11.5 Å². The van der Waals surface area contributed by atoms with Crippen LogP contribution >= 0.6 is 0 Å². The number of fused-ring (bicyclic) bond motifs is 1. The molecule has 6 nitrogen and oxygen atoms in total. The fourth-order valence-corrected chi connectivity index (χ4v) is 2.67. The fourth-order valence-electron chi connectivity index (χ4n) is 2.67. The minimum Gasteiger partial charge on any atom is -0.507 e. The van der Waals surface area contributed by atoms with Crippen molar-refractivity contribution in [2.24, 2.45) is 0 Å². The molecule has 1 atom stereocenters. The van der Waals surface area contributed by atoms with Gasteiger partial charge in [-0.05, 0) is 19.1 Å². The van der Waals surface area contributed by atoms with E-state index in [1.165, 1.54) is 32.4 Å². The van der Waals surface area contributed by atoms with Crippen LogP contribution in [0, 0.1) is 0 Å². The molecule has 0 aromatic heterocycles. The maximum absolute atomic E-state index is 12.7. The molecular weight excluding hydrogens is 288 g/mol. The molecule has 1 heterocycles. The Bertz CT molecular complexity index is 756. The van der Waals surface area contributed by atoms with Gasteiger partial charge in [0.05, 0.1) is 24.0 Å². The topological polar surface area (TPSA) is 82.1 Å². The van der Waals surface area contributed by atoms with E-state index in [0.717, 1.165) is 0 Å². The van der Waals surface area contributed by atoms with Crippen LogP contribution in [0.2, 0.25) is 0 Å². The summed E-state index contributed by atoms with van der Waals surface area (Å²) in [5, 5.41) is 10.1. The van der Waals surface area contributed by atoms with Gasteiger partial charge in [-0.25, -0.2) is 0 Å². The largest absolute Gasteiger partial charge is 0.507 e. The molecule has 114 valence electrons. The van der Waals surface area contributed by atoms with Crippen molar-refractivity contribution in [1.29, 1.82) is 0 Å². The lowest BCUT2D eigenvalue weighted by atomic mass is 9.82. The molecule has 0 saturated heterocycles. The number of carbonyl (C=O) groups is 2. The third kappa shape index (κ3) is 1.92. The Morgan fingerprint density at radius 1 is 1.18 bits per heavy atom. The van der Waals surface area contributed by atoms with Crippen LogP contribution < -0.4 is 4.74 Å². The van der Waals surface area contributed by atoms with Gasteiger partial charge in [0.25, 0.3) is 0 Å². The summed E-state index contributed by atoms with van der Waals surface area (Å²) in [6.07, 6.45) is 0.538. The third-order valence-electron chi connectivity index (χ3n) is 3.67. The molecule has 0 unspecified atom stereocenters. The monoisotopic (exact) mass is 302 g/mol. The highest BCUT2D eigenvalue weighted by atomic mass is 16.7. The van der Waals surface area contributed by atoms with Gasteiger partial charge in [0.1, 0.15) is 11.5 Å². The van der Waals surface area contributed by atoms with Gasteiger partial charge in [0, 0.05) is 24.3 Å². The van der Waals surface area contributed by atoms with Crippen molar-refractivity contribution in [3.8, 4) is 11.5 Å². The Balaban J connectivity index is 2.26. The smallest absolute Gasteiger partial charge is 0.230 e. The van der Waals surface area contributed by atoms with Gasteiger partial charge in [-0.15, -0.1) is 0 Å². The van der Waals surface area contributed by atoms with Gasteiger partial charge in [-0.2, -0.15) is 0 Å². The lowest BCUT2D eigenvalue weighted by Crippen LogP contribution is -2.33. The van der Waals surface area contributed by atoms with Gasteiger partial charge < -0.3 is 19.3 Å². The average Bonchev–Trinajstić information content (AvgIpc) is 2.50. The number of rotatable bonds is 2. The second-order valence-corrected chi connectivity index (χ2v) is 5.00. The Labute approximate surface area is 126 Å². The summed E-state index contributed by atoms with van der Waals surface area (Å²) >= 11 is 0. The van der Waals surface area contributed by atoms with E-state index in [-0.39, 0.29) is 33.8 Å². The van der Waals surface area contributed by atoms with Gasteiger partial charge in [-0.3, -0.25) is 9.59 Å². The van der Waals surface area contributed by atoms with E-state index in [1.54, 1.807) is 6.92 Å². The van der Waals surface area contributed by atoms with Crippen LogP contribution in [-0.2, 0) is 9.47 Å². The maximum atomic E-state index is 12.7. The molecule has 6 heteroatoms. The Kier molecular flexibility index (Phi) is 3.26. The number of aromatic hydroxyl groups is 1. The molecule has 0 radical (unpaired) electrons. The lowest BCUT2D eigenvalue weighted by Gasteiger charge is -2.29. The summed E-state index contributed by atoms with van der Waals surface area (Å²) in [5.41, 5.74) is 0.386. The highest BCUT2D eigenvalue weighted by Crippen LogP contribution is 2.39. The summed E-state index contributed by atoms with van der Waals surface area (Å²) in [5.74, 6) is -0.385. The average molecular weight is 302 g/mol. The lowest BCUT2D eigenvalue weighted by molar-refractivity contribution is -0.0679.